The van der Waals surface area contributed by atoms with Gasteiger partial charge in [-0.1, -0.05) is 24.3 Å². The lowest BCUT2D eigenvalue weighted by molar-refractivity contribution is 0.413. The van der Waals surface area contributed by atoms with Crippen molar-refractivity contribution in [2.45, 2.75) is 23.4 Å². The van der Waals surface area contributed by atoms with E-state index in [1.54, 1.807) is 31.3 Å². The van der Waals surface area contributed by atoms with E-state index in [-0.39, 0.29) is 22.3 Å². The smallest absolute Gasteiger partial charge is 0.224 e. The van der Waals surface area contributed by atoms with E-state index >= 15 is 0 Å². The van der Waals surface area contributed by atoms with Gasteiger partial charge in [0, 0.05) is 12.6 Å². The number of hydrogen-bond donors (Lipinski definition) is 1. The maximum absolute atomic E-state index is 13.3. The monoisotopic (exact) mass is 407 g/mol. The maximum atomic E-state index is 13.3. The maximum Gasteiger partial charge on any atom is 0.224 e. The molecule has 0 amide bonds. The lowest BCUT2D eigenvalue weighted by Crippen LogP contribution is -2.11. The number of aromatic nitrogens is 2. The fourth-order valence-electron chi connectivity index (χ4n) is 2.73. The van der Waals surface area contributed by atoms with E-state index < -0.39 is 9.84 Å². The highest BCUT2D eigenvalue weighted by atomic mass is 35.5. The molecule has 0 radical (unpaired) electrons. The van der Waals surface area contributed by atoms with Gasteiger partial charge in [0.1, 0.15) is 5.75 Å². The summed E-state index contributed by atoms with van der Waals surface area (Å²) in [6.07, 6.45) is 0. The molecule has 0 bridgehead atoms. The second-order valence-corrected chi connectivity index (χ2v) is 7.78. The Bertz CT molecular complexity index is 1030. The molecule has 0 aliphatic rings. The van der Waals surface area contributed by atoms with Gasteiger partial charge < -0.3 is 10.1 Å². The van der Waals surface area contributed by atoms with Gasteiger partial charge in [0.15, 0.2) is 5.03 Å². The van der Waals surface area contributed by atoms with E-state index in [0.29, 0.717) is 18.0 Å². The Morgan fingerprint density at radius 3 is 2.52 bits per heavy atom. The molecule has 0 saturated heterocycles. The fourth-order valence-corrected chi connectivity index (χ4v) is 4.16. The summed E-state index contributed by atoms with van der Waals surface area (Å²) >= 11 is 0. The number of halogens is 1. The van der Waals surface area contributed by atoms with Crippen molar-refractivity contribution in [3.05, 3.63) is 65.9 Å². The molecular formula is C19H22ClN3O3S. The third kappa shape index (κ3) is 4.16. The highest BCUT2D eigenvalue weighted by Gasteiger charge is 2.25. The molecule has 6 nitrogen and oxygen atoms in total. The van der Waals surface area contributed by atoms with Gasteiger partial charge in [-0.15, -0.1) is 12.4 Å². The SMILES string of the molecule is CNCc1cc(S(=O)(=O)c2cccc(OC)c2)n(-c2ccccc2C)n1.Cl. The molecular weight excluding hydrogens is 386 g/mol. The number of methoxy groups -OCH3 is 1. The lowest BCUT2D eigenvalue weighted by atomic mass is 10.2. The van der Waals surface area contributed by atoms with Gasteiger partial charge in [0.05, 0.1) is 23.4 Å². The molecule has 0 aliphatic heterocycles. The zero-order valence-corrected chi connectivity index (χ0v) is 17.0. The number of benzene rings is 2. The largest absolute Gasteiger partial charge is 0.497 e. The van der Waals surface area contributed by atoms with E-state index in [9.17, 15) is 8.42 Å². The minimum Gasteiger partial charge on any atom is -0.497 e. The van der Waals surface area contributed by atoms with Gasteiger partial charge in [-0.25, -0.2) is 13.1 Å². The average Bonchev–Trinajstić information content (AvgIpc) is 3.07. The number of rotatable bonds is 6. The predicted molar refractivity (Wildman–Crippen MR) is 107 cm³/mol. The first-order valence-electron chi connectivity index (χ1n) is 8.16. The van der Waals surface area contributed by atoms with Crippen molar-refractivity contribution in [1.29, 1.82) is 0 Å². The quantitative estimate of drug-likeness (QED) is 0.679. The zero-order valence-electron chi connectivity index (χ0n) is 15.3. The summed E-state index contributed by atoms with van der Waals surface area (Å²) in [5.41, 5.74) is 2.32. The Morgan fingerprint density at radius 1 is 1.11 bits per heavy atom. The Hall–Kier alpha value is -2.35. The molecule has 1 N–H and O–H groups in total. The van der Waals surface area contributed by atoms with Crippen LogP contribution < -0.4 is 10.1 Å². The number of aryl methyl sites for hydroxylation is 1. The van der Waals surface area contributed by atoms with Crippen LogP contribution in [0.2, 0.25) is 0 Å². The molecule has 0 unspecified atom stereocenters. The minimum atomic E-state index is -3.77. The summed E-state index contributed by atoms with van der Waals surface area (Å²) in [5.74, 6) is 0.489. The molecule has 144 valence electrons. The van der Waals surface area contributed by atoms with Gasteiger partial charge in [-0.2, -0.15) is 5.10 Å². The normalized spacial score (nSPS) is 11.1. The zero-order chi connectivity index (χ0) is 18.7. The van der Waals surface area contributed by atoms with Crippen LogP contribution in [0.1, 0.15) is 11.3 Å². The molecule has 0 saturated carbocycles. The summed E-state index contributed by atoms with van der Waals surface area (Å²) in [4.78, 5) is 0.169. The Kier molecular flexibility index (Phi) is 6.64. The number of nitrogens with zero attached hydrogens (tertiary/aromatic N) is 2. The second-order valence-electron chi connectivity index (χ2n) is 5.88. The average molecular weight is 408 g/mol. The van der Waals surface area contributed by atoms with Gasteiger partial charge in [0.2, 0.25) is 9.84 Å². The molecule has 3 rings (SSSR count). The molecule has 8 heteroatoms. The number of ether oxygens (including phenoxy) is 1. The van der Waals surface area contributed by atoms with Gasteiger partial charge in [-0.3, -0.25) is 0 Å². The molecule has 0 fully saturated rings. The van der Waals surface area contributed by atoms with Crippen LogP contribution in [-0.2, 0) is 16.4 Å². The number of sulfone groups is 1. The van der Waals surface area contributed by atoms with Gasteiger partial charge in [-0.05, 0) is 43.8 Å². The predicted octanol–water partition coefficient (Wildman–Crippen LogP) is 3.16. The van der Waals surface area contributed by atoms with E-state index in [2.05, 4.69) is 10.4 Å². The summed E-state index contributed by atoms with van der Waals surface area (Å²) in [5, 5.41) is 7.65. The van der Waals surface area contributed by atoms with E-state index in [1.807, 2.05) is 31.2 Å². The van der Waals surface area contributed by atoms with E-state index in [4.69, 9.17) is 4.74 Å². The van der Waals surface area contributed by atoms with Crippen molar-refractivity contribution in [3.63, 3.8) is 0 Å². The van der Waals surface area contributed by atoms with Crippen LogP contribution in [0.5, 0.6) is 5.75 Å². The second kappa shape index (κ2) is 8.56. The molecule has 0 atom stereocenters. The summed E-state index contributed by atoms with van der Waals surface area (Å²) in [7, 11) is -0.469. The fraction of sp³-hybridized carbons (Fsp3) is 0.211. The van der Waals surface area contributed by atoms with Crippen LogP contribution >= 0.6 is 12.4 Å². The number of para-hydroxylation sites is 1. The standard InChI is InChI=1S/C19H21N3O3S.ClH/c1-14-7-4-5-10-18(14)22-19(11-15(21-22)13-20-2)26(23,24)17-9-6-8-16(12-17)25-3;/h4-12,20H,13H2,1-3H3;1H. The third-order valence-electron chi connectivity index (χ3n) is 4.06. The van der Waals surface area contributed by atoms with Crippen molar-refractivity contribution < 1.29 is 13.2 Å². The van der Waals surface area contributed by atoms with Crippen LogP contribution in [0.4, 0.5) is 0 Å². The molecule has 1 heterocycles. The first-order chi connectivity index (χ1) is 12.5. The third-order valence-corrected chi connectivity index (χ3v) is 5.77. The Morgan fingerprint density at radius 2 is 1.85 bits per heavy atom. The lowest BCUT2D eigenvalue weighted by Gasteiger charge is -2.11. The van der Waals surface area contributed by atoms with Gasteiger partial charge in [0.25, 0.3) is 0 Å². The highest BCUT2D eigenvalue weighted by molar-refractivity contribution is 7.91. The van der Waals surface area contributed by atoms with Crippen molar-refractivity contribution in [2.75, 3.05) is 14.2 Å². The first-order valence-corrected chi connectivity index (χ1v) is 9.64. The van der Waals surface area contributed by atoms with Crippen LogP contribution in [0.3, 0.4) is 0 Å². The highest BCUT2D eigenvalue weighted by Crippen LogP contribution is 2.27. The van der Waals surface area contributed by atoms with Gasteiger partial charge >= 0.3 is 0 Å². The minimum absolute atomic E-state index is 0. The molecule has 0 aliphatic carbocycles. The van der Waals surface area contributed by atoms with Crippen molar-refractivity contribution in [2.24, 2.45) is 0 Å². The van der Waals surface area contributed by atoms with Crippen molar-refractivity contribution in [3.8, 4) is 11.4 Å². The number of nitrogens with one attached hydrogen (secondary N) is 1. The summed E-state index contributed by atoms with van der Waals surface area (Å²) in [6.45, 7) is 2.40. The van der Waals surface area contributed by atoms with Crippen LogP contribution in [0.15, 0.2) is 64.5 Å². The molecule has 2 aromatic carbocycles. The Balaban J connectivity index is 0.00000261. The van der Waals surface area contributed by atoms with Crippen LogP contribution in [0.25, 0.3) is 5.69 Å². The van der Waals surface area contributed by atoms with Crippen LogP contribution in [0, 0.1) is 6.92 Å². The van der Waals surface area contributed by atoms with Crippen molar-refractivity contribution >= 4 is 22.2 Å². The van der Waals surface area contributed by atoms with Crippen molar-refractivity contribution in [1.82, 2.24) is 15.1 Å². The molecule has 1 aromatic heterocycles. The molecule has 27 heavy (non-hydrogen) atoms. The topological polar surface area (TPSA) is 73.2 Å². The Labute approximate surface area is 165 Å². The molecule has 3 aromatic rings. The summed E-state index contributed by atoms with van der Waals surface area (Å²) in [6, 6.07) is 15.6. The summed E-state index contributed by atoms with van der Waals surface area (Å²) < 4.78 is 33.2. The number of hydrogen-bond acceptors (Lipinski definition) is 5. The first kappa shape index (κ1) is 21.0. The van der Waals surface area contributed by atoms with Crippen LogP contribution in [-0.4, -0.2) is 32.4 Å². The molecule has 0 spiro atoms. The van der Waals surface area contributed by atoms with E-state index in [0.717, 1.165) is 11.3 Å². The van der Waals surface area contributed by atoms with E-state index in [1.165, 1.54) is 17.9 Å².